The number of piperidine rings is 1. The van der Waals surface area contributed by atoms with Crippen LogP contribution in [0.3, 0.4) is 0 Å². The number of ether oxygens (including phenoxy) is 1. The molecule has 1 saturated heterocycles. The van der Waals surface area contributed by atoms with Gasteiger partial charge in [-0.2, -0.15) is 18.4 Å². The molecule has 0 aliphatic carbocycles. The predicted octanol–water partition coefficient (Wildman–Crippen LogP) is 4.05. The van der Waals surface area contributed by atoms with E-state index in [1.807, 2.05) is 6.07 Å². The molecular formula is C19H17F3N4O2. The molecule has 146 valence electrons. The van der Waals surface area contributed by atoms with E-state index in [-0.39, 0.29) is 12.1 Å². The Labute approximate surface area is 159 Å². The lowest BCUT2D eigenvalue weighted by molar-refractivity contribution is -0.137. The number of nitriles is 1. The number of amides is 2. The maximum Gasteiger partial charge on any atom is 0.416 e. The van der Waals surface area contributed by atoms with Gasteiger partial charge in [-0.15, -0.1) is 0 Å². The summed E-state index contributed by atoms with van der Waals surface area (Å²) in [6, 6.07) is 9.18. The highest BCUT2D eigenvalue weighted by Crippen LogP contribution is 2.30. The van der Waals surface area contributed by atoms with E-state index >= 15 is 0 Å². The molecule has 0 spiro atoms. The fraction of sp³-hybridized carbons (Fsp3) is 0.316. The first kappa shape index (κ1) is 19.5. The Kier molecular flexibility index (Phi) is 5.68. The Bertz CT molecular complexity index is 853. The van der Waals surface area contributed by atoms with Gasteiger partial charge >= 0.3 is 12.2 Å². The topological polar surface area (TPSA) is 78.2 Å². The van der Waals surface area contributed by atoms with E-state index in [2.05, 4.69) is 10.3 Å². The number of benzene rings is 1. The number of alkyl halides is 3. The summed E-state index contributed by atoms with van der Waals surface area (Å²) in [6.07, 6.45) is -1.88. The minimum atomic E-state index is -4.41. The second-order valence-electron chi connectivity index (χ2n) is 6.31. The summed E-state index contributed by atoms with van der Waals surface area (Å²) in [5, 5.41) is 11.4. The van der Waals surface area contributed by atoms with Crippen LogP contribution in [0.1, 0.15) is 24.0 Å². The van der Waals surface area contributed by atoms with Crippen molar-refractivity contribution in [3.8, 4) is 11.9 Å². The molecule has 9 heteroatoms. The monoisotopic (exact) mass is 390 g/mol. The van der Waals surface area contributed by atoms with E-state index in [9.17, 15) is 18.0 Å². The van der Waals surface area contributed by atoms with Crippen LogP contribution in [0.15, 0.2) is 42.6 Å². The number of rotatable bonds is 3. The van der Waals surface area contributed by atoms with Crippen LogP contribution in [-0.2, 0) is 6.18 Å². The summed E-state index contributed by atoms with van der Waals surface area (Å²) in [7, 11) is 0. The van der Waals surface area contributed by atoms with Crippen LogP contribution in [0.25, 0.3) is 0 Å². The van der Waals surface area contributed by atoms with E-state index < -0.39 is 11.7 Å². The third-order valence-electron chi connectivity index (χ3n) is 4.35. The Hall–Kier alpha value is -3.28. The smallest absolute Gasteiger partial charge is 0.416 e. The standard InChI is InChI=1S/C19H17F3N4O2/c20-19(21,22)14-2-4-15(5-3-14)25-18(27)26-9-7-16(8-10-26)28-17-6-1-13(11-23)12-24-17/h1-6,12,16H,7-10H2,(H,25,27). The first-order chi connectivity index (χ1) is 13.3. The van der Waals surface area contributed by atoms with Gasteiger partial charge in [-0.05, 0) is 30.3 Å². The quantitative estimate of drug-likeness (QED) is 0.858. The number of carbonyl (C=O) groups is 1. The molecule has 1 fully saturated rings. The average Bonchev–Trinajstić information content (AvgIpc) is 2.69. The third-order valence-corrected chi connectivity index (χ3v) is 4.35. The summed E-state index contributed by atoms with van der Waals surface area (Å²) in [5.41, 5.74) is -0.0138. The Morgan fingerprint density at radius 2 is 1.86 bits per heavy atom. The number of halogens is 3. The highest BCUT2D eigenvalue weighted by atomic mass is 19.4. The molecule has 2 aromatic rings. The molecule has 0 radical (unpaired) electrons. The van der Waals surface area contributed by atoms with Crippen molar-refractivity contribution in [3.05, 3.63) is 53.7 Å². The number of anilines is 1. The van der Waals surface area contributed by atoms with Gasteiger partial charge in [0, 0.05) is 43.9 Å². The fourth-order valence-corrected chi connectivity index (χ4v) is 2.81. The molecule has 0 bridgehead atoms. The lowest BCUT2D eigenvalue weighted by Crippen LogP contribution is -2.43. The number of nitrogens with zero attached hydrogens (tertiary/aromatic N) is 3. The average molecular weight is 390 g/mol. The number of urea groups is 1. The zero-order valence-electron chi connectivity index (χ0n) is 14.7. The fourth-order valence-electron chi connectivity index (χ4n) is 2.81. The zero-order chi connectivity index (χ0) is 20.1. The first-order valence-electron chi connectivity index (χ1n) is 8.61. The van der Waals surface area contributed by atoms with Crippen molar-refractivity contribution in [2.75, 3.05) is 18.4 Å². The van der Waals surface area contributed by atoms with Gasteiger partial charge in [0.05, 0.1) is 11.1 Å². The maximum atomic E-state index is 12.6. The van der Waals surface area contributed by atoms with Crippen LogP contribution in [0, 0.1) is 11.3 Å². The lowest BCUT2D eigenvalue weighted by Gasteiger charge is -2.32. The molecule has 1 aliphatic rings. The molecule has 2 amide bonds. The van der Waals surface area contributed by atoms with Crippen LogP contribution in [0.4, 0.5) is 23.7 Å². The Balaban J connectivity index is 1.48. The lowest BCUT2D eigenvalue weighted by atomic mass is 10.1. The SMILES string of the molecule is N#Cc1ccc(OC2CCN(C(=O)Nc3ccc(C(F)(F)F)cc3)CC2)nc1. The molecule has 1 aliphatic heterocycles. The van der Waals surface area contributed by atoms with Gasteiger partial charge in [-0.25, -0.2) is 9.78 Å². The van der Waals surface area contributed by atoms with Crippen LogP contribution in [0.5, 0.6) is 5.88 Å². The van der Waals surface area contributed by atoms with Crippen molar-refractivity contribution >= 4 is 11.7 Å². The van der Waals surface area contributed by atoms with Crippen molar-refractivity contribution < 1.29 is 22.7 Å². The molecule has 2 heterocycles. The molecule has 28 heavy (non-hydrogen) atoms. The van der Waals surface area contributed by atoms with Crippen LogP contribution in [-0.4, -0.2) is 35.1 Å². The number of aromatic nitrogens is 1. The maximum absolute atomic E-state index is 12.6. The van der Waals surface area contributed by atoms with Crippen molar-refractivity contribution in [1.29, 1.82) is 5.26 Å². The van der Waals surface area contributed by atoms with E-state index in [0.29, 0.717) is 43.1 Å². The molecule has 6 nitrogen and oxygen atoms in total. The van der Waals surface area contributed by atoms with E-state index in [0.717, 1.165) is 12.1 Å². The van der Waals surface area contributed by atoms with Crippen LogP contribution >= 0.6 is 0 Å². The first-order valence-corrected chi connectivity index (χ1v) is 8.61. The summed E-state index contributed by atoms with van der Waals surface area (Å²) >= 11 is 0. The van der Waals surface area contributed by atoms with Gasteiger partial charge in [0.25, 0.3) is 0 Å². The summed E-state index contributed by atoms with van der Waals surface area (Å²) in [5.74, 6) is 0.423. The number of nitrogens with one attached hydrogen (secondary N) is 1. The molecule has 1 N–H and O–H groups in total. The molecule has 3 rings (SSSR count). The normalized spacial score (nSPS) is 15.0. The number of carbonyl (C=O) groups excluding carboxylic acids is 1. The summed E-state index contributed by atoms with van der Waals surface area (Å²) < 4.78 is 43.5. The molecule has 0 saturated carbocycles. The van der Waals surface area contributed by atoms with Crippen LogP contribution in [0.2, 0.25) is 0 Å². The van der Waals surface area contributed by atoms with Crippen molar-refractivity contribution in [3.63, 3.8) is 0 Å². The van der Waals surface area contributed by atoms with Gasteiger partial charge in [0.2, 0.25) is 5.88 Å². The summed E-state index contributed by atoms with van der Waals surface area (Å²) in [4.78, 5) is 17.9. The van der Waals surface area contributed by atoms with E-state index in [1.54, 1.807) is 17.0 Å². The summed E-state index contributed by atoms with van der Waals surface area (Å²) in [6.45, 7) is 0.904. The highest BCUT2D eigenvalue weighted by molar-refractivity contribution is 5.89. The number of likely N-dealkylation sites (tertiary alicyclic amines) is 1. The van der Waals surface area contributed by atoms with Crippen LogP contribution < -0.4 is 10.1 Å². The highest BCUT2D eigenvalue weighted by Gasteiger charge is 2.30. The number of hydrogen-bond acceptors (Lipinski definition) is 4. The molecule has 1 aromatic heterocycles. The minimum absolute atomic E-state index is 0.101. The zero-order valence-corrected chi connectivity index (χ0v) is 14.7. The largest absolute Gasteiger partial charge is 0.474 e. The van der Waals surface area contributed by atoms with Crippen molar-refractivity contribution in [2.45, 2.75) is 25.1 Å². The predicted molar refractivity (Wildman–Crippen MR) is 94.6 cm³/mol. The molecule has 1 aromatic carbocycles. The van der Waals surface area contributed by atoms with Crippen molar-refractivity contribution in [2.24, 2.45) is 0 Å². The van der Waals surface area contributed by atoms with Gasteiger partial charge < -0.3 is 15.0 Å². The minimum Gasteiger partial charge on any atom is -0.474 e. The number of hydrogen-bond donors (Lipinski definition) is 1. The van der Waals surface area contributed by atoms with E-state index in [1.165, 1.54) is 18.3 Å². The molecule has 0 unspecified atom stereocenters. The van der Waals surface area contributed by atoms with Gasteiger partial charge in [-0.1, -0.05) is 0 Å². The molecule has 0 atom stereocenters. The third kappa shape index (κ3) is 4.91. The second kappa shape index (κ2) is 8.17. The van der Waals surface area contributed by atoms with E-state index in [4.69, 9.17) is 10.00 Å². The second-order valence-corrected chi connectivity index (χ2v) is 6.31. The van der Waals surface area contributed by atoms with Crippen molar-refractivity contribution in [1.82, 2.24) is 9.88 Å². The van der Waals surface area contributed by atoms with Gasteiger partial charge in [-0.3, -0.25) is 0 Å². The Morgan fingerprint density at radius 3 is 2.39 bits per heavy atom. The van der Waals surface area contributed by atoms with Gasteiger partial charge in [0.1, 0.15) is 12.2 Å². The van der Waals surface area contributed by atoms with Gasteiger partial charge in [0.15, 0.2) is 0 Å². The Morgan fingerprint density at radius 1 is 1.18 bits per heavy atom. The number of pyridine rings is 1. The molecular weight excluding hydrogens is 373 g/mol.